The predicted molar refractivity (Wildman–Crippen MR) is 43.9 cm³/mol. The molecule has 1 aromatic rings. The van der Waals surface area contributed by atoms with Crippen molar-refractivity contribution in [2.24, 2.45) is 0 Å². The van der Waals surface area contributed by atoms with Gasteiger partial charge in [0.15, 0.2) is 0 Å². The molecule has 84 valence electrons. The fraction of sp³-hybridized carbons (Fsp3) is 0.333. The van der Waals surface area contributed by atoms with E-state index in [-0.39, 0.29) is 6.61 Å². The van der Waals surface area contributed by atoms with Crippen LogP contribution in [0.3, 0.4) is 0 Å². The van der Waals surface area contributed by atoms with Crippen molar-refractivity contribution in [3.8, 4) is 5.75 Å². The molecule has 0 N–H and O–H groups in total. The molecular formula is C9H8F4O2. The van der Waals surface area contributed by atoms with Gasteiger partial charge >= 0.3 is 6.36 Å². The van der Waals surface area contributed by atoms with E-state index in [1.165, 1.54) is 12.1 Å². The first-order valence-corrected chi connectivity index (χ1v) is 4.06. The zero-order valence-corrected chi connectivity index (χ0v) is 7.55. The minimum absolute atomic E-state index is 0.245. The summed E-state index contributed by atoms with van der Waals surface area (Å²) >= 11 is 0. The SMILES string of the molecule is Fc1ccc(OCCOC(F)(F)F)cc1. The third-order valence-electron chi connectivity index (χ3n) is 1.43. The van der Waals surface area contributed by atoms with E-state index in [9.17, 15) is 17.6 Å². The van der Waals surface area contributed by atoms with Crippen LogP contribution >= 0.6 is 0 Å². The lowest BCUT2D eigenvalue weighted by atomic mass is 10.3. The van der Waals surface area contributed by atoms with Gasteiger partial charge in [-0.2, -0.15) is 0 Å². The fourth-order valence-corrected chi connectivity index (χ4v) is 0.848. The summed E-state index contributed by atoms with van der Waals surface area (Å²) in [4.78, 5) is 0. The maximum atomic E-state index is 12.4. The quantitative estimate of drug-likeness (QED) is 0.578. The Morgan fingerprint density at radius 1 is 1.00 bits per heavy atom. The van der Waals surface area contributed by atoms with Gasteiger partial charge in [0.25, 0.3) is 0 Å². The highest BCUT2D eigenvalue weighted by molar-refractivity contribution is 5.21. The van der Waals surface area contributed by atoms with E-state index < -0.39 is 18.8 Å². The molecule has 0 aliphatic carbocycles. The van der Waals surface area contributed by atoms with Crippen molar-refractivity contribution in [2.75, 3.05) is 13.2 Å². The highest BCUT2D eigenvalue weighted by Gasteiger charge is 2.28. The highest BCUT2D eigenvalue weighted by atomic mass is 19.4. The second-order valence-corrected chi connectivity index (χ2v) is 2.60. The number of benzene rings is 1. The summed E-state index contributed by atoms with van der Waals surface area (Å²) in [5.41, 5.74) is 0. The van der Waals surface area contributed by atoms with Crippen molar-refractivity contribution in [3.63, 3.8) is 0 Å². The van der Waals surface area contributed by atoms with E-state index >= 15 is 0 Å². The first kappa shape index (κ1) is 11.8. The number of rotatable bonds is 4. The van der Waals surface area contributed by atoms with Gasteiger partial charge in [-0.15, -0.1) is 13.2 Å². The van der Waals surface area contributed by atoms with Gasteiger partial charge in [0.2, 0.25) is 0 Å². The summed E-state index contributed by atoms with van der Waals surface area (Å²) in [6, 6.07) is 4.95. The molecule has 6 heteroatoms. The van der Waals surface area contributed by atoms with Crippen molar-refractivity contribution in [1.29, 1.82) is 0 Å². The summed E-state index contributed by atoms with van der Waals surface area (Å²) in [7, 11) is 0. The minimum atomic E-state index is -4.65. The third kappa shape index (κ3) is 5.21. The number of halogens is 4. The zero-order chi connectivity index (χ0) is 11.3. The van der Waals surface area contributed by atoms with Crippen molar-refractivity contribution in [2.45, 2.75) is 6.36 Å². The average molecular weight is 224 g/mol. The third-order valence-corrected chi connectivity index (χ3v) is 1.43. The van der Waals surface area contributed by atoms with E-state index in [1.54, 1.807) is 0 Å². The van der Waals surface area contributed by atoms with Crippen LogP contribution in [0.2, 0.25) is 0 Å². The van der Waals surface area contributed by atoms with E-state index in [0.717, 1.165) is 12.1 Å². The van der Waals surface area contributed by atoms with Gasteiger partial charge in [-0.3, -0.25) is 4.74 Å². The lowest BCUT2D eigenvalue weighted by molar-refractivity contribution is -0.325. The minimum Gasteiger partial charge on any atom is -0.491 e. The Kier molecular flexibility index (Phi) is 3.90. The lowest BCUT2D eigenvalue weighted by Gasteiger charge is -2.08. The second kappa shape index (κ2) is 4.97. The van der Waals surface area contributed by atoms with Crippen LogP contribution in [0.25, 0.3) is 0 Å². The van der Waals surface area contributed by atoms with Crippen molar-refractivity contribution >= 4 is 0 Å². The summed E-state index contributed by atoms with van der Waals surface area (Å²) in [6.07, 6.45) is -4.65. The number of hydrogen-bond donors (Lipinski definition) is 0. The van der Waals surface area contributed by atoms with Crippen LogP contribution in [-0.4, -0.2) is 19.6 Å². The van der Waals surface area contributed by atoms with Gasteiger partial charge in [0.05, 0.1) is 6.61 Å². The Bertz CT molecular complexity index is 294. The Morgan fingerprint density at radius 3 is 2.13 bits per heavy atom. The molecule has 0 unspecified atom stereocenters. The van der Waals surface area contributed by atoms with Crippen LogP contribution in [0.4, 0.5) is 17.6 Å². The maximum Gasteiger partial charge on any atom is 0.522 e. The monoisotopic (exact) mass is 224 g/mol. The molecule has 1 rings (SSSR count). The van der Waals surface area contributed by atoms with Crippen molar-refractivity contribution in [1.82, 2.24) is 0 Å². The molecule has 0 atom stereocenters. The standard InChI is InChI=1S/C9H8F4O2/c10-7-1-3-8(4-2-7)14-5-6-15-9(11,12)13/h1-4H,5-6H2. The molecule has 1 aromatic carbocycles. The lowest BCUT2D eigenvalue weighted by Crippen LogP contribution is -2.18. The maximum absolute atomic E-state index is 12.4. The van der Waals surface area contributed by atoms with Crippen LogP contribution in [0.15, 0.2) is 24.3 Å². The first-order chi connectivity index (χ1) is 6.97. The Morgan fingerprint density at radius 2 is 1.60 bits per heavy atom. The molecule has 0 aliphatic heterocycles. The zero-order valence-electron chi connectivity index (χ0n) is 7.55. The Balaban J connectivity index is 2.23. The van der Waals surface area contributed by atoms with Gasteiger partial charge in [0, 0.05) is 0 Å². The van der Waals surface area contributed by atoms with Crippen LogP contribution in [-0.2, 0) is 4.74 Å². The smallest absolute Gasteiger partial charge is 0.491 e. The molecule has 0 amide bonds. The van der Waals surface area contributed by atoms with Crippen molar-refractivity contribution in [3.05, 3.63) is 30.1 Å². The number of alkyl halides is 3. The van der Waals surface area contributed by atoms with Crippen LogP contribution in [0, 0.1) is 5.82 Å². The van der Waals surface area contributed by atoms with E-state index in [2.05, 4.69) is 4.74 Å². The Hall–Kier alpha value is -1.30. The van der Waals surface area contributed by atoms with Crippen molar-refractivity contribution < 1.29 is 27.0 Å². The van der Waals surface area contributed by atoms with Gasteiger partial charge in [-0.1, -0.05) is 0 Å². The summed E-state index contributed by atoms with van der Waals surface area (Å²) < 4.78 is 55.3. The van der Waals surface area contributed by atoms with Crippen LogP contribution < -0.4 is 4.74 Å². The molecule has 15 heavy (non-hydrogen) atoms. The van der Waals surface area contributed by atoms with Crippen LogP contribution in [0.1, 0.15) is 0 Å². The van der Waals surface area contributed by atoms with E-state index in [1.807, 2.05) is 0 Å². The Labute approximate surface area is 83.4 Å². The predicted octanol–water partition coefficient (Wildman–Crippen LogP) is 2.74. The van der Waals surface area contributed by atoms with Gasteiger partial charge < -0.3 is 4.74 Å². The van der Waals surface area contributed by atoms with Gasteiger partial charge in [-0.05, 0) is 24.3 Å². The molecule has 0 aliphatic rings. The molecular weight excluding hydrogens is 216 g/mol. The second-order valence-electron chi connectivity index (χ2n) is 2.60. The molecule has 0 bridgehead atoms. The molecule has 0 saturated carbocycles. The van der Waals surface area contributed by atoms with E-state index in [0.29, 0.717) is 5.75 Å². The topological polar surface area (TPSA) is 18.5 Å². The summed E-state index contributed by atoms with van der Waals surface area (Å²) in [5, 5.41) is 0. The summed E-state index contributed by atoms with van der Waals surface area (Å²) in [5.74, 6) is -0.143. The molecule has 2 nitrogen and oxygen atoms in total. The van der Waals surface area contributed by atoms with Gasteiger partial charge in [0.1, 0.15) is 18.2 Å². The number of hydrogen-bond acceptors (Lipinski definition) is 2. The normalized spacial score (nSPS) is 11.5. The van der Waals surface area contributed by atoms with E-state index in [4.69, 9.17) is 4.74 Å². The molecule has 0 heterocycles. The largest absolute Gasteiger partial charge is 0.522 e. The van der Waals surface area contributed by atoms with Crippen LogP contribution in [0.5, 0.6) is 5.75 Å². The average Bonchev–Trinajstić information content (AvgIpc) is 2.14. The first-order valence-electron chi connectivity index (χ1n) is 4.06. The molecule has 0 aromatic heterocycles. The van der Waals surface area contributed by atoms with Gasteiger partial charge in [-0.25, -0.2) is 4.39 Å². The molecule has 0 spiro atoms. The molecule has 0 saturated heterocycles. The highest BCUT2D eigenvalue weighted by Crippen LogP contribution is 2.16. The molecule has 0 fully saturated rings. The fourth-order valence-electron chi connectivity index (χ4n) is 0.848. The molecule has 0 radical (unpaired) electrons. The number of ether oxygens (including phenoxy) is 2. The summed E-state index contributed by atoms with van der Waals surface area (Å²) in [6.45, 7) is -0.841.